The minimum Gasteiger partial charge on any atom is -0.459 e. The Hall–Kier alpha value is -1.36. The molecule has 0 unspecified atom stereocenters. The van der Waals surface area contributed by atoms with Crippen LogP contribution in [0.3, 0.4) is 0 Å². The smallest absolute Gasteiger partial charge is 0.134 e. The molecule has 21 heavy (non-hydrogen) atoms. The summed E-state index contributed by atoms with van der Waals surface area (Å²) >= 11 is 0. The molecule has 0 amide bonds. The lowest BCUT2D eigenvalue weighted by Crippen LogP contribution is -2.41. The van der Waals surface area contributed by atoms with Gasteiger partial charge in [-0.1, -0.05) is 25.1 Å². The lowest BCUT2D eigenvalue weighted by atomic mass is 10.0. The van der Waals surface area contributed by atoms with E-state index in [0.717, 1.165) is 17.8 Å². The highest BCUT2D eigenvalue weighted by Crippen LogP contribution is 2.30. The van der Waals surface area contributed by atoms with E-state index in [0.29, 0.717) is 26.2 Å². The second kappa shape index (κ2) is 5.79. The van der Waals surface area contributed by atoms with Crippen LogP contribution in [-0.2, 0) is 11.2 Å². The van der Waals surface area contributed by atoms with Crippen molar-refractivity contribution < 1.29 is 14.3 Å². The van der Waals surface area contributed by atoms with Crippen LogP contribution in [0.5, 0.6) is 0 Å². The quantitative estimate of drug-likeness (QED) is 0.888. The average molecular weight is 289 g/mol. The third kappa shape index (κ3) is 2.84. The van der Waals surface area contributed by atoms with Crippen LogP contribution in [-0.4, -0.2) is 30.5 Å². The first-order valence-electron chi connectivity index (χ1n) is 7.67. The summed E-state index contributed by atoms with van der Waals surface area (Å²) in [5.74, 6) is 0.973. The first-order chi connectivity index (χ1) is 10.1. The Labute approximate surface area is 125 Å². The van der Waals surface area contributed by atoms with Gasteiger partial charge in [-0.25, -0.2) is 0 Å². The number of hydrogen-bond donors (Lipinski definition) is 2. The highest BCUT2D eigenvalue weighted by atomic mass is 16.5. The summed E-state index contributed by atoms with van der Waals surface area (Å²) in [6, 6.07) is 8.20. The predicted octanol–water partition coefficient (Wildman–Crippen LogP) is 2.80. The van der Waals surface area contributed by atoms with Gasteiger partial charge in [0.1, 0.15) is 16.9 Å². The van der Waals surface area contributed by atoms with Crippen LogP contribution in [0, 0.1) is 0 Å². The fraction of sp³-hybridized carbons (Fsp3) is 0.529. The molecule has 1 aliphatic heterocycles. The van der Waals surface area contributed by atoms with Gasteiger partial charge in [-0.2, -0.15) is 0 Å². The molecule has 4 nitrogen and oxygen atoms in total. The van der Waals surface area contributed by atoms with Gasteiger partial charge in [0.15, 0.2) is 0 Å². The van der Waals surface area contributed by atoms with Crippen LogP contribution >= 0.6 is 0 Å². The number of furan rings is 1. The molecule has 3 rings (SSSR count). The van der Waals surface area contributed by atoms with E-state index in [-0.39, 0.29) is 6.04 Å². The SMILES string of the molecule is CCc1c([C@@H](C)NC[C@@]2(O)CCOC2)oc2ccccc12. The number of ether oxygens (including phenoxy) is 1. The number of benzene rings is 1. The molecule has 1 aromatic heterocycles. The van der Waals surface area contributed by atoms with Gasteiger partial charge in [0.05, 0.1) is 12.6 Å². The van der Waals surface area contributed by atoms with E-state index >= 15 is 0 Å². The van der Waals surface area contributed by atoms with Gasteiger partial charge < -0.3 is 19.6 Å². The minimum absolute atomic E-state index is 0.0666. The topological polar surface area (TPSA) is 54.6 Å². The maximum absolute atomic E-state index is 10.3. The molecule has 0 aliphatic carbocycles. The van der Waals surface area contributed by atoms with Crippen molar-refractivity contribution >= 4 is 11.0 Å². The van der Waals surface area contributed by atoms with Crippen molar-refractivity contribution in [1.29, 1.82) is 0 Å². The minimum atomic E-state index is -0.743. The zero-order chi connectivity index (χ0) is 14.9. The van der Waals surface area contributed by atoms with Crippen molar-refractivity contribution in [3.05, 3.63) is 35.6 Å². The lowest BCUT2D eigenvalue weighted by molar-refractivity contribution is 0.0247. The Morgan fingerprint density at radius 3 is 2.90 bits per heavy atom. The largest absolute Gasteiger partial charge is 0.459 e. The molecular formula is C17H23NO3. The monoisotopic (exact) mass is 289 g/mol. The zero-order valence-electron chi connectivity index (χ0n) is 12.7. The van der Waals surface area contributed by atoms with Crippen molar-refractivity contribution in [3.8, 4) is 0 Å². The molecule has 0 saturated carbocycles. The summed E-state index contributed by atoms with van der Waals surface area (Å²) < 4.78 is 11.3. The number of rotatable bonds is 5. The molecule has 2 atom stereocenters. The van der Waals surface area contributed by atoms with Crippen LogP contribution in [0.1, 0.15) is 37.6 Å². The number of nitrogens with one attached hydrogen (secondary N) is 1. The van der Waals surface area contributed by atoms with Gasteiger partial charge in [0, 0.05) is 30.5 Å². The number of fused-ring (bicyclic) bond motifs is 1. The fourth-order valence-electron chi connectivity index (χ4n) is 3.00. The Kier molecular flexibility index (Phi) is 4.02. The molecule has 2 N–H and O–H groups in total. The lowest BCUT2D eigenvalue weighted by Gasteiger charge is -2.23. The third-order valence-electron chi connectivity index (χ3n) is 4.30. The van der Waals surface area contributed by atoms with Gasteiger partial charge >= 0.3 is 0 Å². The van der Waals surface area contributed by atoms with Crippen LogP contribution in [0.15, 0.2) is 28.7 Å². The van der Waals surface area contributed by atoms with Gasteiger partial charge in [-0.15, -0.1) is 0 Å². The molecule has 1 fully saturated rings. The predicted molar refractivity (Wildman–Crippen MR) is 82.4 cm³/mol. The van der Waals surface area contributed by atoms with E-state index in [1.807, 2.05) is 18.2 Å². The molecule has 0 radical (unpaired) electrons. The molecule has 114 valence electrons. The zero-order valence-corrected chi connectivity index (χ0v) is 12.7. The highest BCUT2D eigenvalue weighted by molar-refractivity contribution is 5.82. The molecule has 2 aromatic rings. The van der Waals surface area contributed by atoms with Gasteiger partial charge in [0.25, 0.3) is 0 Å². The Morgan fingerprint density at radius 1 is 1.38 bits per heavy atom. The normalized spacial score (nSPS) is 23.8. The summed E-state index contributed by atoms with van der Waals surface area (Å²) in [6.45, 7) is 5.79. The van der Waals surface area contributed by atoms with Crippen LogP contribution in [0.2, 0.25) is 0 Å². The van der Waals surface area contributed by atoms with E-state index in [1.54, 1.807) is 0 Å². The molecule has 1 saturated heterocycles. The summed E-state index contributed by atoms with van der Waals surface area (Å²) in [5.41, 5.74) is 1.44. The Morgan fingerprint density at radius 2 is 2.19 bits per heavy atom. The van der Waals surface area contributed by atoms with Gasteiger partial charge in [-0.05, 0) is 19.4 Å². The van der Waals surface area contributed by atoms with E-state index < -0.39 is 5.60 Å². The maximum atomic E-state index is 10.3. The number of aliphatic hydroxyl groups is 1. The first kappa shape index (κ1) is 14.6. The molecule has 0 spiro atoms. The number of aryl methyl sites for hydroxylation is 1. The Bertz CT molecular complexity index is 614. The maximum Gasteiger partial charge on any atom is 0.134 e. The van der Waals surface area contributed by atoms with Crippen LogP contribution < -0.4 is 5.32 Å². The second-order valence-corrected chi connectivity index (χ2v) is 5.92. The van der Waals surface area contributed by atoms with Crippen LogP contribution in [0.4, 0.5) is 0 Å². The van der Waals surface area contributed by atoms with Gasteiger partial charge in [-0.3, -0.25) is 0 Å². The molecule has 2 heterocycles. The van der Waals surface area contributed by atoms with Crippen molar-refractivity contribution in [2.24, 2.45) is 0 Å². The fourth-order valence-corrected chi connectivity index (χ4v) is 3.00. The van der Waals surface area contributed by atoms with Gasteiger partial charge in [0.2, 0.25) is 0 Å². The summed E-state index contributed by atoms with van der Waals surface area (Å²) in [6.07, 6.45) is 1.62. The first-order valence-corrected chi connectivity index (χ1v) is 7.67. The van der Waals surface area contributed by atoms with E-state index in [1.165, 1.54) is 10.9 Å². The van der Waals surface area contributed by atoms with Crippen molar-refractivity contribution in [3.63, 3.8) is 0 Å². The molecule has 1 aliphatic rings. The number of hydrogen-bond acceptors (Lipinski definition) is 4. The number of para-hydroxylation sites is 1. The molecular weight excluding hydrogens is 266 g/mol. The third-order valence-corrected chi connectivity index (χ3v) is 4.30. The van der Waals surface area contributed by atoms with E-state index in [4.69, 9.17) is 9.15 Å². The summed E-state index contributed by atoms with van der Waals surface area (Å²) in [7, 11) is 0. The van der Waals surface area contributed by atoms with E-state index in [2.05, 4.69) is 25.2 Å². The summed E-state index contributed by atoms with van der Waals surface area (Å²) in [4.78, 5) is 0. The van der Waals surface area contributed by atoms with Crippen LogP contribution in [0.25, 0.3) is 11.0 Å². The van der Waals surface area contributed by atoms with Crippen molar-refractivity contribution in [2.45, 2.75) is 38.3 Å². The molecule has 1 aromatic carbocycles. The highest BCUT2D eigenvalue weighted by Gasteiger charge is 2.32. The van der Waals surface area contributed by atoms with Crippen molar-refractivity contribution in [2.75, 3.05) is 19.8 Å². The summed E-state index contributed by atoms with van der Waals surface area (Å²) in [5, 5.41) is 14.9. The van der Waals surface area contributed by atoms with E-state index in [9.17, 15) is 5.11 Å². The standard InChI is InChI=1S/C17H23NO3/c1-3-13-14-6-4-5-7-15(14)21-16(13)12(2)18-10-17(19)8-9-20-11-17/h4-7,12,18-19H,3,8-11H2,1-2H3/t12-,17+/m1/s1. The molecule has 4 heteroatoms. The Balaban J connectivity index is 1.79. The molecule has 0 bridgehead atoms. The van der Waals surface area contributed by atoms with Crippen molar-refractivity contribution in [1.82, 2.24) is 5.32 Å². The average Bonchev–Trinajstić information content (AvgIpc) is 3.08. The second-order valence-electron chi connectivity index (χ2n) is 5.92.